The molecule has 1 amide bonds. The molecule has 1 N–H and O–H groups in total. The van der Waals surface area contributed by atoms with Crippen molar-refractivity contribution in [2.75, 3.05) is 26.3 Å². The minimum atomic E-state index is -3.68. The van der Waals surface area contributed by atoms with E-state index >= 15 is 0 Å². The van der Waals surface area contributed by atoms with Crippen molar-refractivity contribution in [3.8, 4) is 0 Å². The predicted octanol–water partition coefficient (Wildman–Crippen LogP) is 4.41. The van der Waals surface area contributed by atoms with Crippen molar-refractivity contribution in [1.29, 1.82) is 0 Å². The first kappa shape index (κ1) is 23.6. The van der Waals surface area contributed by atoms with Crippen LogP contribution in [-0.2, 0) is 14.8 Å². The Kier molecular flexibility index (Phi) is 7.29. The van der Waals surface area contributed by atoms with Crippen molar-refractivity contribution < 1.29 is 17.9 Å². The van der Waals surface area contributed by atoms with Gasteiger partial charge in [0.15, 0.2) is 0 Å². The maximum Gasteiger partial charge on any atom is 0.252 e. The van der Waals surface area contributed by atoms with E-state index in [-0.39, 0.29) is 16.8 Å². The third-order valence-electron chi connectivity index (χ3n) is 5.74. The summed E-state index contributed by atoms with van der Waals surface area (Å²) in [6.07, 6.45) is 0. The highest BCUT2D eigenvalue weighted by molar-refractivity contribution is 7.89. The lowest BCUT2D eigenvalue weighted by molar-refractivity contribution is 0.0730. The minimum Gasteiger partial charge on any atom is -0.379 e. The van der Waals surface area contributed by atoms with Crippen LogP contribution in [0.25, 0.3) is 0 Å². The second-order valence-corrected chi connectivity index (χ2v) is 11.2. The van der Waals surface area contributed by atoms with Crippen LogP contribution < -0.4 is 5.32 Å². The molecule has 6 nitrogen and oxygen atoms in total. The zero-order valence-electron chi connectivity index (χ0n) is 18.7. The maximum atomic E-state index is 13.2. The number of carbonyl (C=O) groups excluding carboxylic acids is 1. The first-order valence-corrected chi connectivity index (χ1v) is 13.3. The topological polar surface area (TPSA) is 75.7 Å². The van der Waals surface area contributed by atoms with Gasteiger partial charge in [-0.1, -0.05) is 50.2 Å². The molecule has 4 rings (SSSR count). The molecule has 174 valence electrons. The summed E-state index contributed by atoms with van der Waals surface area (Å²) in [4.78, 5) is 14.3. The van der Waals surface area contributed by atoms with Crippen molar-refractivity contribution in [3.63, 3.8) is 0 Å². The fourth-order valence-corrected chi connectivity index (χ4v) is 6.05. The van der Waals surface area contributed by atoms with Gasteiger partial charge in [-0.15, -0.1) is 11.3 Å². The number of thiophene rings is 1. The summed E-state index contributed by atoms with van der Waals surface area (Å²) in [5, 5.41) is 5.08. The lowest BCUT2D eigenvalue weighted by Gasteiger charge is -2.26. The van der Waals surface area contributed by atoms with E-state index in [4.69, 9.17) is 4.74 Å². The molecule has 1 atom stereocenters. The molecule has 1 aromatic heterocycles. The highest BCUT2D eigenvalue weighted by Gasteiger charge is 2.27. The smallest absolute Gasteiger partial charge is 0.252 e. The van der Waals surface area contributed by atoms with Crippen LogP contribution in [0.3, 0.4) is 0 Å². The van der Waals surface area contributed by atoms with E-state index in [9.17, 15) is 13.2 Å². The van der Waals surface area contributed by atoms with Crippen molar-refractivity contribution in [1.82, 2.24) is 9.62 Å². The monoisotopic (exact) mass is 484 g/mol. The van der Waals surface area contributed by atoms with E-state index in [1.54, 1.807) is 23.5 Å². The molecular formula is C25H28N2O4S2. The quantitative estimate of drug-likeness (QED) is 0.539. The van der Waals surface area contributed by atoms with Gasteiger partial charge in [0, 0.05) is 23.5 Å². The van der Waals surface area contributed by atoms with Crippen LogP contribution in [0.5, 0.6) is 0 Å². The van der Waals surface area contributed by atoms with Gasteiger partial charge in [0.1, 0.15) is 0 Å². The number of nitrogens with one attached hydrogen (secondary N) is 1. The summed E-state index contributed by atoms with van der Waals surface area (Å²) in [6.45, 7) is 5.66. The summed E-state index contributed by atoms with van der Waals surface area (Å²) < 4.78 is 32.7. The Morgan fingerprint density at radius 2 is 1.70 bits per heavy atom. The van der Waals surface area contributed by atoms with Crippen molar-refractivity contribution in [2.24, 2.45) is 0 Å². The SMILES string of the molecule is CC(C)c1ccc(C(NC(=O)c2cccc(S(=O)(=O)N3CCOCC3)c2)c2cccs2)cc1. The molecule has 2 heterocycles. The van der Waals surface area contributed by atoms with Crippen LogP contribution in [0.2, 0.25) is 0 Å². The van der Waals surface area contributed by atoms with Gasteiger partial charge in [-0.05, 0) is 46.7 Å². The Bertz CT molecular complexity index is 1180. The van der Waals surface area contributed by atoms with Crippen LogP contribution in [0.4, 0.5) is 0 Å². The highest BCUT2D eigenvalue weighted by atomic mass is 32.2. The molecule has 1 aliphatic rings. The number of hydrogen-bond acceptors (Lipinski definition) is 5. The van der Waals surface area contributed by atoms with Crippen molar-refractivity contribution >= 4 is 27.3 Å². The molecule has 0 aliphatic carbocycles. The number of hydrogen-bond donors (Lipinski definition) is 1. The Morgan fingerprint density at radius 1 is 1.00 bits per heavy atom. The largest absolute Gasteiger partial charge is 0.379 e. The van der Waals surface area contributed by atoms with Gasteiger partial charge in [-0.3, -0.25) is 4.79 Å². The van der Waals surface area contributed by atoms with E-state index in [0.717, 1.165) is 10.4 Å². The second kappa shape index (κ2) is 10.2. The number of morpholine rings is 1. The molecule has 3 aromatic rings. The Hall–Kier alpha value is -2.52. The summed E-state index contributed by atoms with van der Waals surface area (Å²) >= 11 is 1.57. The van der Waals surface area contributed by atoms with E-state index in [1.165, 1.54) is 22.0 Å². The summed E-state index contributed by atoms with van der Waals surface area (Å²) in [5.74, 6) is 0.102. The highest BCUT2D eigenvalue weighted by Crippen LogP contribution is 2.28. The number of ether oxygens (including phenoxy) is 1. The number of amides is 1. The molecule has 1 fully saturated rings. The first-order chi connectivity index (χ1) is 15.9. The second-order valence-electron chi connectivity index (χ2n) is 8.29. The van der Waals surface area contributed by atoms with Gasteiger partial charge < -0.3 is 10.1 Å². The van der Waals surface area contributed by atoms with Gasteiger partial charge in [0.25, 0.3) is 5.91 Å². The molecule has 0 saturated carbocycles. The molecule has 0 spiro atoms. The zero-order chi connectivity index (χ0) is 23.4. The maximum absolute atomic E-state index is 13.2. The van der Waals surface area contributed by atoms with Crippen LogP contribution in [0, 0.1) is 0 Å². The van der Waals surface area contributed by atoms with Gasteiger partial charge in [0.2, 0.25) is 10.0 Å². The lowest BCUT2D eigenvalue weighted by Crippen LogP contribution is -2.40. The summed E-state index contributed by atoms with van der Waals surface area (Å²) in [5.41, 5.74) is 2.52. The zero-order valence-corrected chi connectivity index (χ0v) is 20.4. The molecule has 2 aromatic carbocycles. The normalized spacial score (nSPS) is 16.0. The number of nitrogens with zero attached hydrogens (tertiary/aromatic N) is 1. The molecule has 1 aliphatic heterocycles. The molecular weight excluding hydrogens is 456 g/mol. The van der Waals surface area contributed by atoms with Crippen molar-refractivity contribution in [3.05, 3.63) is 87.6 Å². The van der Waals surface area contributed by atoms with E-state index in [0.29, 0.717) is 37.8 Å². The Labute approximate surface area is 199 Å². The van der Waals surface area contributed by atoms with Crippen LogP contribution in [0.15, 0.2) is 70.9 Å². The van der Waals surface area contributed by atoms with Gasteiger partial charge >= 0.3 is 0 Å². The molecule has 0 radical (unpaired) electrons. The Morgan fingerprint density at radius 3 is 2.33 bits per heavy atom. The number of rotatable bonds is 7. The summed E-state index contributed by atoms with van der Waals surface area (Å²) in [7, 11) is -3.68. The van der Waals surface area contributed by atoms with Crippen molar-refractivity contribution in [2.45, 2.75) is 30.7 Å². The molecule has 33 heavy (non-hydrogen) atoms. The predicted molar refractivity (Wildman–Crippen MR) is 130 cm³/mol. The average Bonchev–Trinajstić information content (AvgIpc) is 3.38. The minimum absolute atomic E-state index is 0.117. The molecule has 1 saturated heterocycles. The van der Waals surface area contributed by atoms with E-state index < -0.39 is 10.0 Å². The first-order valence-electron chi connectivity index (χ1n) is 11.0. The van der Waals surface area contributed by atoms with Gasteiger partial charge in [-0.2, -0.15) is 4.31 Å². The standard InChI is InChI=1S/C25H28N2O4S2/c1-18(2)19-8-10-20(11-9-19)24(23-7-4-16-32-23)26-25(28)21-5-3-6-22(17-21)33(29,30)27-12-14-31-15-13-27/h3-11,16-18,24H,12-15H2,1-2H3,(H,26,28). The molecule has 1 unspecified atom stereocenters. The number of benzene rings is 2. The average molecular weight is 485 g/mol. The lowest BCUT2D eigenvalue weighted by atomic mass is 9.98. The molecule has 0 bridgehead atoms. The fourth-order valence-electron chi connectivity index (χ4n) is 3.80. The third-order valence-corrected chi connectivity index (χ3v) is 8.58. The number of sulfonamides is 1. The van der Waals surface area contributed by atoms with Crippen LogP contribution in [0.1, 0.15) is 52.2 Å². The van der Waals surface area contributed by atoms with Crippen LogP contribution in [-0.4, -0.2) is 44.9 Å². The van der Waals surface area contributed by atoms with Crippen LogP contribution >= 0.6 is 11.3 Å². The third kappa shape index (κ3) is 5.35. The fraction of sp³-hybridized carbons (Fsp3) is 0.320. The van der Waals surface area contributed by atoms with Gasteiger partial charge in [0.05, 0.1) is 24.2 Å². The number of carbonyl (C=O) groups is 1. The summed E-state index contributed by atoms with van der Waals surface area (Å²) in [6, 6.07) is 18.1. The van der Waals surface area contributed by atoms with E-state index in [2.05, 4.69) is 31.3 Å². The molecule has 8 heteroatoms. The van der Waals surface area contributed by atoms with Gasteiger partial charge in [-0.25, -0.2) is 8.42 Å². The van der Waals surface area contributed by atoms with E-state index in [1.807, 2.05) is 29.6 Å². The Balaban J connectivity index is 1.59.